The van der Waals surface area contributed by atoms with Crippen molar-refractivity contribution in [3.05, 3.63) is 28.9 Å². The molecule has 0 amide bonds. The van der Waals surface area contributed by atoms with Crippen LogP contribution in [-0.2, 0) is 0 Å². The molecule has 0 spiro atoms. The third-order valence-corrected chi connectivity index (χ3v) is 5.79. The summed E-state index contributed by atoms with van der Waals surface area (Å²) in [6.07, 6.45) is 8.55. The predicted molar refractivity (Wildman–Crippen MR) is 79.7 cm³/mol. The van der Waals surface area contributed by atoms with E-state index in [1.165, 1.54) is 19.3 Å². The maximum Gasteiger partial charge on any atom is 0.0867 e. The molecule has 1 heterocycles. The summed E-state index contributed by atoms with van der Waals surface area (Å²) in [4.78, 5) is 0. The molecule has 3 nitrogen and oxygen atoms in total. The minimum Gasteiger partial charge on any atom is -0.388 e. The van der Waals surface area contributed by atoms with Crippen molar-refractivity contribution in [3.8, 4) is 0 Å². The van der Waals surface area contributed by atoms with E-state index in [4.69, 9.17) is 11.6 Å². The monoisotopic (exact) mass is 290 g/mol. The molecular formula is C16H19ClN2O. The Kier molecular flexibility index (Phi) is 2.83. The molecule has 106 valence electrons. The lowest BCUT2D eigenvalue weighted by molar-refractivity contribution is -0.0550. The standard InChI is InChI=1S/C16H19ClN2O/c17-12-7-11-9-18-19-14(11)13(8-12)15(20)16-4-1-10(2-5-16)3-6-16/h7-10,15,20H,1-6H2,(H,18,19)/t10?,15-,16?/m0/s1. The van der Waals surface area contributed by atoms with E-state index < -0.39 is 6.10 Å². The van der Waals surface area contributed by atoms with E-state index in [1.54, 1.807) is 6.20 Å². The highest BCUT2D eigenvalue weighted by atomic mass is 35.5. The van der Waals surface area contributed by atoms with Crippen LogP contribution in [0.1, 0.15) is 50.2 Å². The largest absolute Gasteiger partial charge is 0.388 e. The summed E-state index contributed by atoms with van der Waals surface area (Å²) < 4.78 is 0. The number of benzene rings is 1. The quantitative estimate of drug-likeness (QED) is 0.870. The van der Waals surface area contributed by atoms with Gasteiger partial charge in [-0.15, -0.1) is 0 Å². The van der Waals surface area contributed by atoms with Crippen molar-refractivity contribution in [2.75, 3.05) is 0 Å². The van der Waals surface area contributed by atoms with Gasteiger partial charge in [-0.05, 0) is 56.6 Å². The molecule has 20 heavy (non-hydrogen) atoms. The number of fused-ring (bicyclic) bond motifs is 4. The molecule has 2 bridgehead atoms. The molecule has 0 radical (unpaired) electrons. The zero-order valence-corrected chi connectivity index (χ0v) is 12.2. The van der Waals surface area contributed by atoms with Crippen LogP contribution in [0.15, 0.2) is 18.3 Å². The van der Waals surface area contributed by atoms with Crippen molar-refractivity contribution in [3.63, 3.8) is 0 Å². The zero-order valence-electron chi connectivity index (χ0n) is 11.4. The van der Waals surface area contributed by atoms with Gasteiger partial charge in [0.05, 0.1) is 17.8 Å². The van der Waals surface area contributed by atoms with E-state index in [0.717, 1.165) is 41.6 Å². The van der Waals surface area contributed by atoms with Crippen molar-refractivity contribution in [2.24, 2.45) is 11.3 Å². The van der Waals surface area contributed by atoms with E-state index >= 15 is 0 Å². The van der Waals surface area contributed by atoms with Crippen molar-refractivity contribution in [2.45, 2.75) is 44.6 Å². The lowest BCUT2D eigenvalue weighted by Gasteiger charge is -2.49. The number of aliphatic hydroxyl groups is 1. The molecule has 3 aliphatic carbocycles. The first-order chi connectivity index (χ1) is 9.68. The molecule has 5 rings (SSSR count). The second-order valence-electron chi connectivity index (χ2n) is 6.58. The molecular weight excluding hydrogens is 272 g/mol. The molecule has 4 heteroatoms. The van der Waals surface area contributed by atoms with E-state index in [2.05, 4.69) is 10.2 Å². The van der Waals surface area contributed by atoms with E-state index in [-0.39, 0.29) is 5.41 Å². The van der Waals surface area contributed by atoms with Gasteiger partial charge in [-0.1, -0.05) is 11.6 Å². The first-order valence-electron chi connectivity index (χ1n) is 7.49. The third-order valence-electron chi connectivity index (χ3n) is 5.57. The third kappa shape index (κ3) is 1.80. The van der Waals surface area contributed by atoms with Gasteiger partial charge in [0.1, 0.15) is 0 Å². The van der Waals surface area contributed by atoms with Crippen LogP contribution in [0.4, 0.5) is 0 Å². The number of aromatic nitrogens is 2. The van der Waals surface area contributed by atoms with Gasteiger partial charge in [0.2, 0.25) is 0 Å². The average Bonchev–Trinajstić information content (AvgIpc) is 2.95. The lowest BCUT2D eigenvalue weighted by atomic mass is 9.57. The Morgan fingerprint density at radius 2 is 1.95 bits per heavy atom. The molecule has 0 aliphatic heterocycles. The minimum atomic E-state index is -0.439. The van der Waals surface area contributed by atoms with Crippen LogP contribution in [0.3, 0.4) is 0 Å². The second kappa shape index (κ2) is 4.47. The molecule has 0 saturated heterocycles. The molecule has 1 aromatic heterocycles. The Hall–Kier alpha value is -1.06. The molecule has 3 saturated carbocycles. The maximum atomic E-state index is 11.1. The van der Waals surface area contributed by atoms with Gasteiger partial charge in [-0.3, -0.25) is 5.10 Å². The molecule has 2 N–H and O–H groups in total. The number of aromatic amines is 1. The molecule has 1 aromatic carbocycles. The fraction of sp³-hybridized carbons (Fsp3) is 0.562. The highest BCUT2D eigenvalue weighted by molar-refractivity contribution is 6.31. The number of aliphatic hydroxyl groups excluding tert-OH is 1. The maximum absolute atomic E-state index is 11.1. The Morgan fingerprint density at radius 1 is 1.25 bits per heavy atom. The number of hydrogen-bond donors (Lipinski definition) is 2. The van der Waals surface area contributed by atoms with Crippen LogP contribution in [0.25, 0.3) is 10.9 Å². The molecule has 3 fully saturated rings. The fourth-order valence-electron chi connectivity index (χ4n) is 4.29. The van der Waals surface area contributed by atoms with Crippen molar-refractivity contribution < 1.29 is 5.11 Å². The van der Waals surface area contributed by atoms with Gasteiger partial charge in [0.25, 0.3) is 0 Å². The SMILES string of the molecule is O[C@@H](c1cc(Cl)cc2cn[nH]c12)C12CCC(CC1)CC2. The molecule has 0 unspecified atom stereocenters. The Balaban J connectivity index is 1.80. The summed E-state index contributed by atoms with van der Waals surface area (Å²) >= 11 is 6.21. The number of halogens is 1. The normalized spacial score (nSPS) is 30.8. The van der Waals surface area contributed by atoms with Crippen LogP contribution >= 0.6 is 11.6 Å². The van der Waals surface area contributed by atoms with Crippen molar-refractivity contribution in [1.82, 2.24) is 10.2 Å². The summed E-state index contributed by atoms with van der Waals surface area (Å²) in [6, 6.07) is 3.80. The minimum absolute atomic E-state index is 0.0530. The number of nitrogens with zero attached hydrogens (tertiary/aromatic N) is 1. The summed E-state index contributed by atoms with van der Waals surface area (Å²) in [5, 5.41) is 19.8. The molecule has 2 aromatic rings. The van der Waals surface area contributed by atoms with E-state index in [0.29, 0.717) is 5.02 Å². The number of H-pyrrole nitrogens is 1. The number of hydrogen-bond acceptors (Lipinski definition) is 2. The average molecular weight is 291 g/mol. The predicted octanol–water partition coefficient (Wildman–Crippen LogP) is 4.22. The Labute approximate surface area is 123 Å². The first-order valence-corrected chi connectivity index (χ1v) is 7.86. The lowest BCUT2D eigenvalue weighted by Crippen LogP contribution is -2.39. The van der Waals surface area contributed by atoms with Crippen LogP contribution in [0, 0.1) is 11.3 Å². The highest BCUT2D eigenvalue weighted by Crippen LogP contribution is 2.56. The summed E-state index contributed by atoms with van der Waals surface area (Å²) in [6.45, 7) is 0. The number of nitrogens with one attached hydrogen (secondary N) is 1. The van der Waals surface area contributed by atoms with Crippen molar-refractivity contribution >= 4 is 22.5 Å². The van der Waals surface area contributed by atoms with Gasteiger partial charge < -0.3 is 5.11 Å². The van der Waals surface area contributed by atoms with E-state index in [9.17, 15) is 5.11 Å². The van der Waals surface area contributed by atoms with E-state index in [1.807, 2.05) is 12.1 Å². The topological polar surface area (TPSA) is 48.9 Å². The van der Waals surface area contributed by atoms with Crippen LogP contribution in [-0.4, -0.2) is 15.3 Å². The van der Waals surface area contributed by atoms with Gasteiger partial charge >= 0.3 is 0 Å². The van der Waals surface area contributed by atoms with Gasteiger partial charge in [-0.25, -0.2) is 0 Å². The zero-order chi connectivity index (χ0) is 13.7. The summed E-state index contributed by atoms with van der Waals surface area (Å²) in [7, 11) is 0. The molecule has 3 aliphatic rings. The molecule has 1 atom stereocenters. The highest BCUT2D eigenvalue weighted by Gasteiger charge is 2.46. The van der Waals surface area contributed by atoms with Crippen molar-refractivity contribution in [1.29, 1.82) is 0 Å². The number of rotatable bonds is 2. The first kappa shape index (κ1) is 12.7. The second-order valence-corrected chi connectivity index (χ2v) is 7.01. The Bertz CT molecular complexity index is 629. The van der Waals surface area contributed by atoms with Gasteiger partial charge in [0.15, 0.2) is 0 Å². The Morgan fingerprint density at radius 3 is 2.65 bits per heavy atom. The fourth-order valence-corrected chi connectivity index (χ4v) is 4.52. The van der Waals surface area contributed by atoms with Gasteiger partial charge in [-0.2, -0.15) is 5.10 Å². The van der Waals surface area contributed by atoms with Gasteiger partial charge in [0, 0.05) is 21.4 Å². The van der Waals surface area contributed by atoms with Crippen LogP contribution < -0.4 is 0 Å². The smallest absolute Gasteiger partial charge is 0.0867 e. The summed E-state index contributed by atoms with van der Waals surface area (Å²) in [5.74, 6) is 0.899. The van der Waals surface area contributed by atoms with Crippen LogP contribution in [0.5, 0.6) is 0 Å². The summed E-state index contributed by atoms with van der Waals surface area (Å²) in [5.41, 5.74) is 1.91. The van der Waals surface area contributed by atoms with Crippen LogP contribution in [0.2, 0.25) is 5.02 Å².